The van der Waals surface area contributed by atoms with Crippen molar-refractivity contribution < 1.29 is 8.78 Å². The summed E-state index contributed by atoms with van der Waals surface area (Å²) in [6, 6.07) is 11.0. The fourth-order valence-corrected chi connectivity index (χ4v) is 2.35. The van der Waals surface area contributed by atoms with Gasteiger partial charge in [-0.2, -0.15) is 0 Å². The van der Waals surface area contributed by atoms with Gasteiger partial charge in [0.15, 0.2) is 0 Å². The standard InChI is InChI=1S/C13H11F2NS/c14-10-5-4-9(13(15)6-10)8-17-12-3-1-2-11(16)7-12/h1-7H,8,16H2. The van der Waals surface area contributed by atoms with Crippen molar-refractivity contribution in [3.05, 3.63) is 59.7 Å². The molecule has 0 fully saturated rings. The van der Waals surface area contributed by atoms with Crippen LogP contribution in [0.5, 0.6) is 0 Å². The first kappa shape index (κ1) is 11.9. The average Bonchev–Trinajstić information content (AvgIpc) is 2.28. The second-order valence-electron chi connectivity index (χ2n) is 3.60. The summed E-state index contributed by atoms with van der Waals surface area (Å²) in [6.07, 6.45) is 0. The van der Waals surface area contributed by atoms with Gasteiger partial charge >= 0.3 is 0 Å². The highest BCUT2D eigenvalue weighted by Gasteiger charge is 2.04. The van der Waals surface area contributed by atoms with Crippen LogP contribution in [0.15, 0.2) is 47.4 Å². The molecule has 1 nitrogen and oxygen atoms in total. The zero-order valence-electron chi connectivity index (χ0n) is 8.99. The van der Waals surface area contributed by atoms with Gasteiger partial charge in [-0.25, -0.2) is 8.78 Å². The molecule has 0 heterocycles. The highest BCUT2D eigenvalue weighted by Crippen LogP contribution is 2.25. The van der Waals surface area contributed by atoms with Crippen molar-refractivity contribution in [2.45, 2.75) is 10.6 Å². The molecular weight excluding hydrogens is 240 g/mol. The van der Waals surface area contributed by atoms with Gasteiger partial charge in [0.2, 0.25) is 0 Å². The highest BCUT2D eigenvalue weighted by molar-refractivity contribution is 7.98. The molecule has 0 aliphatic heterocycles. The average molecular weight is 251 g/mol. The van der Waals surface area contributed by atoms with Crippen molar-refractivity contribution in [2.24, 2.45) is 0 Å². The molecule has 2 aromatic rings. The number of thioether (sulfide) groups is 1. The summed E-state index contributed by atoms with van der Waals surface area (Å²) in [4.78, 5) is 0.966. The molecule has 0 bridgehead atoms. The molecule has 0 unspecified atom stereocenters. The molecule has 88 valence electrons. The van der Waals surface area contributed by atoms with Crippen molar-refractivity contribution in [2.75, 3.05) is 5.73 Å². The summed E-state index contributed by atoms with van der Waals surface area (Å²) in [5.74, 6) is -0.614. The molecule has 0 radical (unpaired) electrons. The van der Waals surface area contributed by atoms with Gasteiger partial charge in [-0.1, -0.05) is 12.1 Å². The van der Waals surface area contributed by atoms with E-state index >= 15 is 0 Å². The summed E-state index contributed by atoms with van der Waals surface area (Å²) in [7, 11) is 0. The molecule has 2 N–H and O–H groups in total. The monoisotopic (exact) mass is 251 g/mol. The third-order valence-electron chi connectivity index (χ3n) is 2.27. The predicted molar refractivity (Wildman–Crippen MR) is 66.8 cm³/mol. The lowest BCUT2D eigenvalue weighted by Crippen LogP contribution is -1.89. The Kier molecular flexibility index (Phi) is 3.64. The van der Waals surface area contributed by atoms with Crippen molar-refractivity contribution in [3.63, 3.8) is 0 Å². The van der Waals surface area contributed by atoms with Crippen LogP contribution >= 0.6 is 11.8 Å². The molecule has 0 spiro atoms. The third kappa shape index (κ3) is 3.20. The fourth-order valence-electron chi connectivity index (χ4n) is 1.40. The van der Waals surface area contributed by atoms with Gasteiger partial charge in [-0.15, -0.1) is 11.8 Å². The Morgan fingerprint density at radius 3 is 2.59 bits per heavy atom. The van der Waals surface area contributed by atoms with Crippen LogP contribution in [0.2, 0.25) is 0 Å². The Morgan fingerprint density at radius 1 is 1.06 bits per heavy atom. The minimum atomic E-state index is -0.555. The van der Waals surface area contributed by atoms with Gasteiger partial charge < -0.3 is 5.73 Å². The summed E-state index contributed by atoms with van der Waals surface area (Å²) >= 11 is 1.47. The van der Waals surface area contributed by atoms with Crippen molar-refractivity contribution in [3.8, 4) is 0 Å². The molecule has 0 aliphatic rings. The minimum Gasteiger partial charge on any atom is -0.399 e. The molecule has 4 heteroatoms. The van der Waals surface area contributed by atoms with Gasteiger partial charge in [0.25, 0.3) is 0 Å². The van der Waals surface area contributed by atoms with E-state index in [0.29, 0.717) is 17.0 Å². The quantitative estimate of drug-likeness (QED) is 0.662. The molecule has 0 saturated heterocycles. The number of halogens is 2. The Labute approximate surface area is 103 Å². The predicted octanol–water partition coefficient (Wildman–Crippen LogP) is 3.84. The van der Waals surface area contributed by atoms with Crippen LogP contribution in [-0.4, -0.2) is 0 Å². The number of anilines is 1. The summed E-state index contributed by atoms with van der Waals surface area (Å²) < 4.78 is 26.1. The van der Waals surface area contributed by atoms with E-state index in [-0.39, 0.29) is 0 Å². The van der Waals surface area contributed by atoms with E-state index in [2.05, 4.69) is 0 Å². The molecule has 0 atom stereocenters. The first-order valence-electron chi connectivity index (χ1n) is 5.07. The largest absolute Gasteiger partial charge is 0.399 e. The molecule has 2 aromatic carbocycles. The van der Waals surface area contributed by atoms with Crippen LogP contribution in [0.4, 0.5) is 14.5 Å². The second-order valence-corrected chi connectivity index (χ2v) is 4.65. The van der Waals surface area contributed by atoms with E-state index in [1.165, 1.54) is 23.9 Å². The van der Waals surface area contributed by atoms with Crippen LogP contribution in [0.25, 0.3) is 0 Å². The van der Waals surface area contributed by atoms with Gasteiger partial charge in [0.1, 0.15) is 11.6 Å². The SMILES string of the molecule is Nc1cccc(SCc2ccc(F)cc2F)c1. The maximum absolute atomic E-state index is 13.4. The van der Waals surface area contributed by atoms with E-state index in [0.717, 1.165) is 11.0 Å². The number of nitrogen functional groups attached to an aromatic ring is 1. The van der Waals surface area contributed by atoms with Gasteiger partial charge in [-0.05, 0) is 29.8 Å². The molecule has 0 aliphatic carbocycles. The van der Waals surface area contributed by atoms with E-state index in [9.17, 15) is 8.78 Å². The highest BCUT2D eigenvalue weighted by atomic mass is 32.2. The van der Waals surface area contributed by atoms with Crippen molar-refractivity contribution in [1.82, 2.24) is 0 Å². The van der Waals surface area contributed by atoms with E-state index in [1.807, 2.05) is 18.2 Å². The Balaban J connectivity index is 2.07. The molecular formula is C13H11F2NS. The Morgan fingerprint density at radius 2 is 1.88 bits per heavy atom. The van der Waals surface area contributed by atoms with Crippen molar-refractivity contribution in [1.29, 1.82) is 0 Å². The molecule has 17 heavy (non-hydrogen) atoms. The number of hydrogen-bond acceptors (Lipinski definition) is 2. The number of hydrogen-bond donors (Lipinski definition) is 1. The fraction of sp³-hybridized carbons (Fsp3) is 0.0769. The zero-order valence-corrected chi connectivity index (χ0v) is 9.81. The smallest absolute Gasteiger partial charge is 0.130 e. The first-order chi connectivity index (χ1) is 8.15. The van der Waals surface area contributed by atoms with E-state index < -0.39 is 11.6 Å². The van der Waals surface area contributed by atoms with Crippen molar-refractivity contribution >= 4 is 17.4 Å². The lowest BCUT2D eigenvalue weighted by atomic mass is 10.2. The maximum atomic E-state index is 13.4. The molecule has 0 aromatic heterocycles. The van der Waals surface area contributed by atoms with E-state index in [4.69, 9.17) is 5.73 Å². The van der Waals surface area contributed by atoms with Gasteiger partial charge in [0.05, 0.1) is 0 Å². The van der Waals surface area contributed by atoms with Crippen LogP contribution in [0.1, 0.15) is 5.56 Å². The third-order valence-corrected chi connectivity index (χ3v) is 3.31. The second kappa shape index (κ2) is 5.19. The first-order valence-corrected chi connectivity index (χ1v) is 6.06. The summed E-state index contributed by atoms with van der Waals surface area (Å²) in [5, 5.41) is 0. The number of rotatable bonds is 3. The summed E-state index contributed by atoms with van der Waals surface area (Å²) in [5.41, 5.74) is 6.80. The molecule has 0 saturated carbocycles. The van der Waals surface area contributed by atoms with Crippen LogP contribution in [0, 0.1) is 11.6 Å². The van der Waals surface area contributed by atoms with Crippen LogP contribution < -0.4 is 5.73 Å². The zero-order chi connectivity index (χ0) is 12.3. The Bertz CT molecular complexity index is 529. The normalized spacial score (nSPS) is 10.5. The van der Waals surface area contributed by atoms with Gasteiger partial charge in [0, 0.05) is 22.4 Å². The number of nitrogens with two attached hydrogens (primary N) is 1. The number of benzene rings is 2. The van der Waals surface area contributed by atoms with Crippen LogP contribution in [-0.2, 0) is 5.75 Å². The minimum absolute atomic E-state index is 0.454. The topological polar surface area (TPSA) is 26.0 Å². The van der Waals surface area contributed by atoms with Crippen LogP contribution in [0.3, 0.4) is 0 Å². The Hall–Kier alpha value is -1.55. The van der Waals surface area contributed by atoms with E-state index in [1.54, 1.807) is 6.07 Å². The van der Waals surface area contributed by atoms with Gasteiger partial charge in [-0.3, -0.25) is 0 Å². The summed E-state index contributed by atoms with van der Waals surface area (Å²) in [6.45, 7) is 0. The maximum Gasteiger partial charge on any atom is 0.130 e. The molecule has 2 rings (SSSR count). The lowest BCUT2D eigenvalue weighted by molar-refractivity contribution is 0.576. The lowest BCUT2D eigenvalue weighted by Gasteiger charge is -2.04. The molecule has 0 amide bonds.